The molecule has 2 N–H and O–H groups in total. The highest BCUT2D eigenvalue weighted by Gasteiger charge is 2.46. The Morgan fingerprint density at radius 3 is 2.68 bits per heavy atom. The van der Waals surface area contributed by atoms with Crippen molar-refractivity contribution < 1.29 is 23.8 Å². The maximum atomic E-state index is 13.4. The summed E-state index contributed by atoms with van der Waals surface area (Å²) in [7, 11) is 0. The highest BCUT2D eigenvalue weighted by Crippen LogP contribution is 2.21. The third kappa shape index (κ3) is 3.19. The molecule has 1 aromatic carbocycles. The topological polar surface area (TPSA) is 78.9 Å². The third-order valence-corrected chi connectivity index (χ3v) is 3.71. The normalized spacial score (nSPS) is 22.6. The van der Waals surface area contributed by atoms with E-state index in [0.29, 0.717) is 6.42 Å². The molecule has 0 aliphatic carbocycles. The highest BCUT2D eigenvalue weighted by molar-refractivity contribution is 6.06. The number of rotatable bonds is 6. The Kier molecular flexibility index (Phi) is 4.65. The molecule has 1 aliphatic heterocycles. The fraction of sp³-hybridized carbons (Fsp3) is 0.467. The minimum atomic E-state index is -1.10. The van der Waals surface area contributed by atoms with Crippen LogP contribution < -0.4 is 10.1 Å². The molecule has 6 nitrogen and oxygen atoms in total. The van der Waals surface area contributed by atoms with Gasteiger partial charge in [-0.05, 0) is 25.5 Å². The summed E-state index contributed by atoms with van der Waals surface area (Å²) >= 11 is 0. The van der Waals surface area contributed by atoms with Gasteiger partial charge in [-0.15, -0.1) is 0 Å². The van der Waals surface area contributed by atoms with E-state index in [2.05, 4.69) is 5.32 Å². The molecule has 22 heavy (non-hydrogen) atoms. The Labute approximate surface area is 127 Å². The van der Waals surface area contributed by atoms with Gasteiger partial charge in [0.1, 0.15) is 18.2 Å². The largest absolute Gasteiger partial charge is 0.488 e. The van der Waals surface area contributed by atoms with Gasteiger partial charge in [-0.1, -0.05) is 19.1 Å². The van der Waals surface area contributed by atoms with E-state index in [4.69, 9.17) is 4.74 Å². The number of β-amino-alcohol motifs (C(OH)–C–C–N with tert-alkyl or cyclic N) is 1. The summed E-state index contributed by atoms with van der Waals surface area (Å²) < 4.78 is 18.5. The van der Waals surface area contributed by atoms with Gasteiger partial charge >= 0.3 is 6.03 Å². The highest BCUT2D eigenvalue weighted by atomic mass is 19.1. The van der Waals surface area contributed by atoms with Crippen LogP contribution in [-0.4, -0.2) is 46.7 Å². The lowest BCUT2D eigenvalue weighted by Gasteiger charge is -2.21. The quantitative estimate of drug-likeness (QED) is 0.776. The van der Waals surface area contributed by atoms with Crippen molar-refractivity contribution in [1.82, 2.24) is 10.2 Å². The van der Waals surface area contributed by atoms with Crippen LogP contribution in [0.25, 0.3) is 0 Å². The Balaban J connectivity index is 1.92. The van der Waals surface area contributed by atoms with E-state index in [9.17, 15) is 19.1 Å². The van der Waals surface area contributed by atoms with E-state index < -0.39 is 23.5 Å². The van der Waals surface area contributed by atoms with E-state index >= 15 is 0 Å². The van der Waals surface area contributed by atoms with Gasteiger partial charge in [0.15, 0.2) is 11.6 Å². The Morgan fingerprint density at radius 1 is 1.41 bits per heavy atom. The lowest BCUT2D eigenvalue weighted by molar-refractivity contribution is -0.132. The van der Waals surface area contributed by atoms with Crippen LogP contribution in [0.1, 0.15) is 20.3 Å². The number of halogens is 1. The summed E-state index contributed by atoms with van der Waals surface area (Å²) in [4.78, 5) is 24.9. The molecule has 120 valence electrons. The van der Waals surface area contributed by atoms with Crippen molar-refractivity contribution in [3.63, 3.8) is 0 Å². The van der Waals surface area contributed by atoms with E-state index in [-0.39, 0.29) is 24.8 Å². The van der Waals surface area contributed by atoms with Gasteiger partial charge < -0.3 is 15.2 Å². The zero-order chi connectivity index (χ0) is 16.3. The number of imide groups is 1. The molecule has 1 aliphatic rings. The summed E-state index contributed by atoms with van der Waals surface area (Å²) in [5.74, 6) is -0.912. The molecule has 0 spiro atoms. The number of para-hydroxylation sites is 1. The molecule has 1 saturated heterocycles. The summed E-state index contributed by atoms with van der Waals surface area (Å²) in [6.07, 6.45) is -0.649. The molecule has 2 unspecified atom stereocenters. The monoisotopic (exact) mass is 310 g/mol. The lowest BCUT2D eigenvalue weighted by Crippen LogP contribution is -2.44. The fourth-order valence-electron chi connectivity index (χ4n) is 2.16. The molecule has 1 fully saturated rings. The van der Waals surface area contributed by atoms with Crippen molar-refractivity contribution in [1.29, 1.82) is 0 Å². The lowest BCUT2D eigenvalue weighted by atomic mass is 9.99. The standard InChI is InChI=1S/C15H19FN2O4/c1-3-15(2)13(20)18(14(21)17-15)8-10(19)9-22-12-7-5-4-6-11(12)16/h4-7,10,19H,3,8-9H2,1-2H3,(H,17,21). The molecule has 1 aromatic rings. The van der Waals surface area contributed by atoms with Crippen LogP contribution in [0.15, 0.2) is 24.3 Å². The number of nitrogens with one attached hydrogen (secondary N) is 1. The van der Waals surface area contributed by atoms with Crippen LogP contribution in [0.3, 0.4) is 0 Å². The first-order valence-electron chi connectivity index (χ1n) is 7.07. The van der Waals surface area contributed by atoms with Gasteiger partial charge in [0.05, 0.1) is 6.54 Å². The van der Waals surface area contributed by atoms with Gasteiger partial charge in [0, 0.05) is 0 Å². The van der Waals surface area contributed by atoms with Crippen molar-refractivity contribution in [3.8, 4) is 5.75 Å². The second kappa shape index (κ2) is 6.31. The number of hydrogen-bond donors (Lipinski definition) is 2. The fourth-order valence-corrected chi connectivity index (χ4v) is 2.16. The summed E-state index contributed by atoms with van der Waals surface area (Å²) in [5.41, 5.74) is -0.941. The number of carbonyl (C=O) groups excluding carboxylic acids is 2. The summed E-state index contributed by atoms with van der Waals surface area (Å²) in [5, 5.41) is 12.5. The van der Waals surface area contributed by atoms with Crippen LogP contribution in [0, 0.1) is 5.82 Å². The van der Waals surface area contributed by atoms with Crippen molar-refractivity contribution in [2.45, 2.75) is 31.9 Å². The first-order valence-corrected chi connectivity index (χ1v) is 7.07. The molecule has 7 heteroatoms. The average Bonchev–Trinajstić information content (AvgIpc) is 2.70. The summed E-state index contributed by atoms with van der Waals surface area (Å²) in [6, 6.07) is 5.27. The number of hydrogen-bond acceptors (Lipinski definition) is 4. The second-order valence-corrected chi connectivity index (χ2v) is 5.43. The number of carbonyl (C=O) groups is 2. The molecule has 2 rings (SSSR count). The van der Waals surface area contributed by atoms with Crippen molar-refractivity contribution >= 4 is 11.9 Å². The smallest absolute Gasteiger partial charge is 0.325 e. The number of benzene rings is 1. The molecule has 2 atom stereocenters. The van der Waals surface area contributed by atoms with Crippen molar-refractivity contribution in [2.24, 2.45) is 0 Å². The molecule has 3 amide bonds. The number of aliphatic hydroxyl groups excluding tert-OH is 1. The number of urea groups is 1. The van der Waals surface area contributed by atoms with Gasteiger partial charge in [-0.3, -0.25) is 9.69 Å². The van der Waals surface area contributed by atoms with Crippen LogP contribution in [0.2, 0.25) is 0 Å². The minimum Gasteiger partial charge on any atom is -0.488 e. The average molecular weight is 310 g/mol. The molecule has 1 heterocycles. The Hall–Kier alpha value is -2.15. The van der Waals surface area contributed by atoms with Crippen LogP contribution in [-0.2, 0) is 4.79 Å². The molecule has 0 bridgehead atoms. The Bertz CT molecular complexity index is 580. The van der Waals surface area contributed by atoms with E-state index in [1.807, 2.05) is 0 Å². The predicted molar refractivity (Wildman–Crippen MR) is 76.8 cm³/mol. The van der Waals surface area contributed by atoms with Gasteiger partial charge in [0.2, 0.25) is 0 Å². The van der Waals surface area contributed by atoms with E-state index in [0.717, 1.165) is 4.90 Å². The number of nitrogens with zero attached hydrogens (tertiary/aromatic N) is 1. The maximum absolute atomic E-state index is 13.4. The minimum absolute atomic E-state index is 0.0112. The van der Waals surface area contributed by atoms with Crippen molar-refractivity contribution in [2.75, 3.05) is 13.2 Å². The van der Waals surface area contributed by atoms with Crippen LogP contribution in [0.5, 0.6) is 5.75 Å². The van der Waals surface area contributed by atoms with E-state index in [1.54, 1.807) is 19.9 Å². The number of ether oxygens (including phenoxy) is 1. The van der Waals surface area contributed by atoms with Gasteiger partial charge in [-0.25, -0.2) is 9.18 Å². The second-order valence-electron chi connectivity index (χ2n) is 5.43. The molecule has 0 aromatic heterocycles. The van der Waals surface area contributed by atoms with Crippen molar-refractivity contribution in [3.05, 3.63) is 30.1 Å². The third-order valence-electron chi connectivity index (χ3n) is 3.71. The molecule has 0 radical (unpaired) electrons. The molecular weight excluding hydrogens is 291 g/mol. The maximum Gasteiger partial charge on any atom is 0.325 e. The number of aliphatic hydroxyl groups is 1. The molecular formula is C15H19FN2O4. The molecule has 0 saturated carbocycles. The first kappa shape index (κ1) is 16.2. The van der Waals surface area contributed by atoms with Gasteiger partial charge in [-0.2, -0.15) is 0 Å². The zero-order valence-corrected chi connectivity index (χ0v) is 12.5. The SMILES string of the molecule is CCC1(C)NC(=O)N(CC(O)COc2ccccc2F)C1=O. The van der Waals surface area contributed by atoms with Crippen LogP contribution >= 0.6 is 0 Å². The van der Waals surface area contributed by atoms with Gasteiger partial charge in [0.25, 0.3) is 5.91 Å². The summed E-state index contributed by atoms with van der Waals surface area (Å²) in [6.45, 7) is 3.00. The Morgan fingerprint density at radius 2 is 2.09 bits per heavy atom. The first-order chi connectivity index (χ1) is 10.4. The van der Waals surface area contributed by atoms with E-state index in [1.165, 1.54) is 18.2 Å². The predicted octanol–water partition coefficient (Wildman–Crippen LogP) is 1.29. The van der Waals surface area contributed by atoms with Crippen LogP contribution in [0.4, 0.5) is 9.18 Å². The number of amides is 3. The zero-order valence-electron chi connectivity index (χ0n) is 12.5.